The first-order chi connectivity index (χ1) is 17.4. The highest BCUT2D eigenvalue weighted by Crippen LogP contribution is 2.29. The molecular weight excluding hydrogens is 458 g/mol. The van der Waals surface area contributed by atoms with Gasteiger partial charge in [0.1, 0.15) is 17.3 Å². The number of amides is 2. The van der Waals surface area contributed by atoms with Crippen LogP contribution in [0.2, 0.25) is 0 Å². The summed E-state index contributed by atoms with van der Waals surface area (Å²) in [6.07, 6.45) is 0.103. The van der Waals surface area contributed by atoms with E-state index < -0.39 is 0 Å². The van der Waals surface area contributed by atoms with E-state index in [-0.39, 0.29) is 24.7 Å². The number of rotatable bonds is 8. The van der Waals surface area contributed by atoms with Crippen LogP contribution >= 0.6 is 0 Å². The number of piperazine rings is 1. The number of aromatic nitrogens is 1. The monoisotopic (exact) mass is 491 g/mol. The van der Waals surface area contributed by atoms with Gasteiger partial charge in [-0.15, -0.1) is 0 Å². The van der Waals surface area contributed by atoms with Gasteiger partial charge in [0.25, 0.3) is 0 Å². The van der Waals surface area contributed by atoms with E-state index in [1.165, 1.54) is 7.11 Å². The van der Waals surface area contributed by atoms with Gasteiger partial charge >= 0.3 is 0 Å². The Bertz CT molecular complexity index is 1250. The van der Waals surface area contributed by atoms with Crippen molar-refractivity contribution >= 4 is 39.9 Å². The molecule has 2 heterocycles. The summed E-state index contributed by atoms with van der Waals surface area (Å²) >= 11 is 0. The molecule has 36 heavy (non-hydrogen) atoms. The Hall–Kier alpha value is -3.85. The number of methoxy groups -OCH3 is 2. The molecule has 0 bridgehead atoms. The number of fused-ring (bicyclic) bond motifs is 1. The van der Waals surface area contributed by atoms with E-state index in [0.29, 0.717) is 22.9 Å². The molecule has 4 rings (SSSR count). The van der Waals surface area contributed by atoms with E-state index in [4.69, 9.17) is 14.5 Å². The van der Waals surface area contributed by atoms with Crippen molar-refractivity contribution in [1.29, 1.82) is 0 Å². The molecule has 1 saturated heterocycles. The van der Waals surface area contributed by atoms with Gasteiger partial charge in [0, 0.05) is 56.2 Å². The summed E-state index contributed by atoms with van der Waals surface area (Å²) in [7, 11) is 5.22. The first kappa shape index (κ1) is 25.2. The third kappa shape index (κ3) is 6.04. The van der Waals surface area contributed by atoms with Gasteiger partial charge in [0.05, 0.1) is 25.4 Å². The van der Waals surface area contributed by atoms with Crippen LogP contribution in [0.25, 0.3) is 10.9 Å². The van der Waals surface area contributed by atoms with Crippen LogP contribution in [0.15, 0.2) is 42.5 Å². The van der Waals surface area contributed by atoms with Gasteiger partial charge in [-0.2, -0.15) is 0 Å². The van der Waals surface area contributed by atoms with Crippen molar-refractivity contribution in [3.8, 4) is 11.5 Å². The Morgan fingerprint density at radius 3 is 2.33 bits per heavy atom. The molecule has 2 aromatic carbocycles. The molecule has 0 radical (unpaired) electrons. The Balaban J connectivity index is 1.35. The summed E-state index contributed by atoms with van der Waals surface area (Å²) in [6, 6.07) is 12.9. The zero-order valence-corrected chi connectivity index (χ0v) is 21.3. The third-order valence-electron chi connectivity index (χ3n) is 6.37. The fraction of sp³-hybridized carbons (Fsp3) is 0.370. The molecule has 9 heteroatoms. The van der Waals surface area contributed by atoms with E-state index in [1.807, 2.05) is 18.2 Å². The number of hydrogen-bond acceptors (Lipinski definition) is 7. The predicted molar refractivity (Wildman–Crippen MR) is 142 cm³/mol. The molecule has 190 valence electrons. The van der Waals surface area contributed by atoms with Gasteiger partial charge in [0.15, 0.2) is 0 Å². The fourth-order valence-electron chi connectivity index (χ4n) is 4.22. The first-order valence-corrected chi connectivity index (χ1v) is 12.0. The number of nitrogens with one attached hydrogen (secondary N) is 2. The van der Waals surface area contributed by atoms with Crippen LogP contribution in [0.3, 0.4) is 0 Å². The molecule has 0 spiro atoms. The minimum atomic E-state index is -0.274. The predicted octanol–water partition coefficient (Wildman–Crippen LogP) is 3.67. The highest BCUT2D eigenvalue weighted by Gasteiger charge is 2.17. The number of aryl methyl sites for hydroxylation is 1. The zero-order valence-electron chi connectivity index (χ0n) is 21.3. The lowest BCUT2D eigenvalue weighted by Crippen LogP contribution is -2.44. The molecule has 1 fully saturated rings. The second-order valence-corrected chi connectivity index (χ2v) is 8.98. The summed E-state index contributed by atoms with van der Waals surface area (Å²) in [4.78, 5) is 34.4. The van der Waals surface area contributed by atoms with Crippen LogP contribution in [-0.2, 0) is 9.59 Å². The van der Waals surface area contributed by atoms with Crippen molar-refractivity contribution < 1.29 is 19.1 Å². The minimum Gasteiger partial charge on any atom is -0.497 e. The zero-order chi connectivity index (χ0) is 25.7. The highest BCUT2D eigenvalue weighted by molar-refractivity contribution is 5.98. The molecule has 1 aromatic heterocycles. The summed E-state index contributed by atoms with van der Waals surface area (Å²) < 4.78 is 10.5. The van der Waals surface area contributed by atoms with E-state index >= 15 is 0 Å². The summed E-state index contributed by atoms with van der Waals surface area (Å²) in [5.41, 5.74) is 3.21. The van der Waals surface area contributed by atoms with Crippen LogP contribution in [-0.4, -0.2) is 69.1 Å². The summed E-state index contributed by atoms with van der Waals surface area (Å²) in [5, 5.41) is 6.68. The van der Waals surface area contributed by atoms with Crippen LogP contribution in [0.4, 0.5) is 17.2 Å². The van der Waals surface area contributed by atoms with Gasteiger partial charge in [-0.25, -0.2) is 4.98 Å². The molecule has 0 saturated carbocycles. The smallest absolute Gasteiger partial charge is 0.224 e. The SMILES string of the molecule is COc1ccc(NC(=O)CCC(=O)Nc2ccc3nc(N4CCN(C)CC4)cc(C)c3c2)c(OC)c1. The number of benzene rings is 2. The maximum absolute atomic E-state index is 12.5. The van der Waals surface area contributed by atoms with Gasteiger partial charge in [-0.05, 0) is 55.9 Å². The van der Waals surface area contributed by atoms with E-state index in [9.17, 15) is 9.59 Å². The van der Waals surface area contributed by atoms with Crippen LogP contribution in [0, 0.1) is 6.92 Å². The number of carbonyl (C=O) groups is 2. The molecule has 9 nitrogen and oxygen atoms in total. The van der Waals surface area contributed by atoms with Gasteiger partial charge in [-0.3, -0.25) is 9.59 Å². The average molecular weight is 492 g/mol. The molecule has 1 aliphatic heterocycles. The topological polar surface area (TPSA) is 96.0 Å². The number of anilines is 3. The Morgan fingerprint density at radius 2 is 1.64 bits per heavy atom. The summed E-state index contributed by atoms with van der Waals surface area (Å²) in [5.74, 6) is 1.60. The largest absolute Gasteiger partial charge is 0.497 e. The lowest BCUT2D eigenvalue weighted by Gasteiger charge is -2.33. The standard InChI is InChI=1S/C27H33N5O4/c1-18-15-25(32-13-11-31(2)12-14-32)29-22-7-5-19(16-21(18)22)28-26(33)9-10-27(34)30-23-8-6-20(35-3)17-24(23)36-4/h5-8,15-17H,9-14H2,1-4H3,(H,28,33)(H,30,34). The van der Waals surface area contributed by atoms with Crippen molar-refractivity contribution in [1.82, 2.24) is 9.88 Å². The normalized spacial score (nSPS) is 13.9. The quantitative estimate of drug-likeness (QED) is 0.496. The van der Waals surface area contributed by atoms with Crippen molar-refractivity contribution in [3.05, 3.63) is 48.0 Å². The summed E-state index contributed by atoms with van der Waals surface area (Å²) in [6.45, 7) is 6.03. The second kappa shape index (κ2) is 11.3. The molecule has 1 aliphatic rings. The third-order valence-corrected chi connectivity index (χ3v) is 6.37. The van der Waals surface area contributed by atoms with E-state index in [2.05, 4.69) is 40.5 Å². The first-order valence-electron chi connectivity index (χ1n) is 12.0. The van der Waals surface area contributed by atoms with Crippen molar-refractivity contribution in [3.63, 3.8) is 0 Å². The number of nitrogens with zero attached hydrogens (tertiary/aromatic N) is 3. The van der Waals surface area contributed by atoms with E-state index in [0.717, 1.165) is 48.5 Å². The molecule has 0 aliphatic carbocycles. The Morgan fingerprint density at radius 1 is 0.917 bits per heavy atom. The van der Waals surface area contributed by atoms with Gasteiger partial charge in [0.2, 0.25) is 11.8 Å². The number of pyridine rings is 1. The molecule has 0 atom stereocenters. The van der Waals surface area contributed by atoms with Gasteiger partial charge < -0.3 is 29.9 Å². The molecule has 0 unspecified atom stereocenters. The van der Waals surface area contributed by atoms with Crippen LogP contribution in [0.1, 0.15) is 18.4 Å². The maximum Gasteiger partial charge on any atom is 0.224 e. The molecule has 3 aromatic rings. The lowest BCUT2D eigenvalue weighted by molar-refractivity contribution is -0.121. The van der Waals surface area contributed by atoms with E-state index in [1.54, 1.807) is 25.3 Å². The maximum atomic E-state index is 12.5. The lowest BCUT2D eigenvalue weighted by atomic mass is 10.1. The Labute approximate surface area is 211 Å². The Kier molecular flexibility index (Phi) is 7.90. The number of likely N-dealkylation sites (N-methyl/N-ethyl adjacent to an activating group) is 1. The fourth-order valence-corrected chi connectivity index (χ4v) is 4.22. The molecule has 2 amide bonds. The average Bonchev–Trinajstić information content (AvgIpc) is 2.88. The molecule has 2 N–H and O–H groups in total. The number of hydrogen-bond donors (Lipinski definition) is 2. The highest BCUT2D eigenvalue weighted by atomic mass is 16.5. The van der Waals surface area contributed by atoms with Crippen molar-refractivity contribution in [2.45, 2.75) is 19.8 Å². The van der Waals surface area contributed by atoms with Gasteiger partial charge in [-0.1, -0.05) is 0 Å². The van der Waals surface area contributed by atoms with Crippen molar-refractivity contribution in [2.75, 3.05) is 63.0 Å². The van der Waals surface area contributed by atoms with Crippen LogP contribution < -0.4 is 25.0 Å². The number of carbonyl (C=O) groups excluding carboxylic acids is 2. The van der Waals surface area contributed by atoms with Crippen LogP contribution in [0.5, 0.6) is 11.5 Å². The second-order valence-electron chi connectivity index (χ2n) is 8.98. The van der Waals surface area contributed by atoms with Crippen molar-refractivity contribution in [2.24, 2.45) is 0 Å². The number of ether oxygens (including phenoxy) is 2. The minimum absolute atomic E-state index is 0.0452. The molecular formula is C27H33N5O4.